The summed E-state index contributed by atoms with van der Waals surface area (Å²) in [7, 11) is -0.576. The summed E-state index contributed by atoms with van der Waals surface area (Å²) in [5.41, 5.74) is 0. The van der Waals surface area contributed by atoms with Crippen molar-refractivity contribution in [1.29, 1.82) is 5.16 Å². The molecule has 1 aliphatic heterocycles. The Kier molecular flexibility index (Phi) is 0.849. The number of rotatable bonds is 0. The van der Waals surface area contributed by atoms with Crippen LogP contribution >= 0.6 is 7.71 Å². The second-order valence-corrected chi connectivity index (χ2v) is 2.50. The first-order chi connectivity index (χ1) is 2.89. The Morgan fingerprint density at radius 2 is 1.67 bits per heavy atom. The van der Waals surface area contributed by atoms with Gasteiger partial charge < -0.3 is 0 Å². The summed E-state index contributed by atoms with van der Waals surface area (Å²) in [6.45, 7) is 0. The first-order valence-corrected chi connectivity index (χ1v) is 3.22. The number of hydrogen-bond acceptors (Lipinski definition) is 1. The molecule has 30 valence electrons. The van der Waals surface area contributed by atoms with Crippen molar-refractivity contribution in [2.75, 3.05) is 0 Å². The maximum atomic E-state index is 7.02. The van der Waals surface area contributed by atoms with Gasteiger partial charge in [0.05, 0.1) is 0 Å². The summed E-state index contributed by atoms with van der Waals surface area (Å²) in [5.74, 6) is 3.80. The topological polar surface area (TPSA) is 23.9 Å². The van der Waals surface area contributed by atoms with E-state index in [2.05, 4.69) is 0 Å². The smallest absolute Gasteiger partial charge is 0.115 e. The van der Waals surface area contributed by atoms with Gasteiger partial charge in [0.2, 0.25) is 0 Å². The highest BCUT2D eigenvalue weighted by Crippen LogP contribution is 2.28. The maximum absolute atomic E-state index is 7.02. The molecule has 0 saturated carbocycles. The van der Waals surface area contributed by atoms with Crippen molar-refractivity contribution in [1.82, 2.24) is 0 Å². The summed E-state index contributed by atoms with van der Waals surface area (Å²) in [5, 5.41) is 7.02. The molecule has 1 aliphatic rings. The van der Waals surface area contributed by atoms with Crippen molar-refractivity contribution in [2.45, 2.75) is 0 Å². The highest BCUT2D eigenvalue weighted by molar-refractivity contribution is 7.53. The minimum absolute atomic E-state index is 0.576. The highest BCUT2D eigenvalue weighted by atomic mass is 31.1. The Balaban J connectivity index is 2.86. The summed E-state index contributed by atoms with van der Waals surface area (Å²) in [6, 6.07) is 0. The van der Waals surface area contributed by atoms with Crippen molar-refractivity contribution in [2.24, 2.45) is 0 Å². The van der Waals surface area contributed by atoms with Gasteiger partial charge in [-0.05, 0) is 12.2 Å². The summed E-state index contributed by atoms with van der Waals surface area (Å²) in [6.07, 6.45) is 3.83. The van der Waals surface area contributed by atoms with E-state index in [-0.39, 0.29) is 0 Å². The van der Waals surface area contributed by atoms with Gasteiger partial charge in [0, 0.05) is 0 Å². The Bertz CT molecular complexity index is 110. The van der Waals surface area contributed by atoms with Crippen LogP contribution in [0.4, 0.5) is 0 Å². The molecular weight excluding hydrogens is 93.0 g/mol. The van der Waals surface area contributed by atoms with E-state index >= 15 is 0 Å². The predicted molar refractivity (Wildman–Crippen MR) is 27.9 cm³/mol. The van der Waals surface area contributed by atoms with Gasteiger partial charge in [0.1, 0.15) is 11.6 Å². The normalized spacial score (nSPS) is 17.0. The largest absolute Gasteiger partial charge is 0.257 e. The summed E-state index contributed by atoms with van der Waals surface area (Å²) < 4.78 is 0. The van der Waals surface area contributed by atoms with E-state index in [1.807, 2.05) is 23.8 Å². The first-order valence-electron chi connectivity index (χ1n) is 1.74. The van der Waals surface area contributed by atoms with E-state index in [1.165, 1.54) is 0 Å². The van der Waals surface area contributed by atoms with E-state index in [0.29, 0.717) is 0 Å². The van der Waals surface area contributed by atoms with Gasteiger partial charge in [-0.25, -0.2) is 0 Å². The van der Waals surface area contributed by atoms with Gasteiger partial charge in [-0.2, -0.15) is 0 Å². The van der Waals surface area contributed by atoms with Gasteiger partial charge in [0.25, 0.3) is 7.71 Å². The van der Waals surface area contributed by atoms with Crippen molar-refractivity contribution in [3.8, 4) is 0 Å². The molecule has 0 atom stereocenters. The fourth-order valence-electron chi connectivity index (χ4n) is 0.335. The van der Waals surface area contributed by atoms with Crippen molar-refractivity contribution >= 4 is 7.71 Å². The van der Waals surface area contributed by atoms with Crippen LogP contribution in [0, 0.1) is 5.16 Å². The van der Waals surface area contributed by atoms with Crippen molar-refractivity contribution < 1.29 is 0 Å². The molecular formula is C4H5NP+. The average molecular weight is 98.1 g/mol. The molecule has 0 radical (unpaired) electrons. The van der Waals surface area contributed by atoms with Crippen LogP contribution in [0.5, 0.6) is 0 Å². The van der Waals surface area contributed by atoms with Gasteiger partial charge in [-0.15, -0.1) is 5.16 Å². The molecule has 0 aromatic rings. The van der Waals surface area contributed by atoms with Crippen LogP contribution < -0.4 is 0 Å². The lowest BCUT2D eigenvalue weighted by Crippen LogP contribution is -1.23. The molecule has 2 heteroatoms. The van der Waals surface area contributed by atoms with E-state index in [4.69, 9.17) is 5.16 Å². The van der Waals surface area contributed by atoms with Gasteiger partial charge in [-0.3, -0.25) is 0 Å². The second-order valence-electron chi connectivity index (χ2n) is 1.09. The molecule has 0 fully saturated rings. The lowest BCUT2D eigenvalue weighted by Gasteiger charge is -1.50. The molecule has 6 heavy (non-hydrogen) atoms. The first kappa shape index (κ1) is 3.76. The third kappa shape index (κ3) is 0.550. The summed E-state index contributed by atoms with van der Waals surface area (Å²) >= 11 is 0. The Morgan fingerprint density at radius 1 is 1.17 bits per heavy atom. The van der Waals surface area contributed by atoms with Gasteiger partial charge in [0.15, 0.2) is 0 Å². The highest BCUT2D eigenvalue weighted by Gasteiger charge is 1.99. The molecule has 0 aromatic carbocycles. The summed E-state index contributed by atoms with van der Waals surface area (Å²) in [4.78, 5) is 0. The average Bonchev–Trinajstić information content (AvgIpc) is 1.86. The van der Waals surface area contributed by atoms with Crippen LogP contribution in [0.3, 0.4) is 0 Å². The van der Waals surface area contributed by atoms with Crippen LogP contribution in [0.15, 0.2) is 23.8 Å². The van der Waals surface area contributed by atoms with Crippen molar-refractivity contribution in [3.05, 3.63) is 23.8 Å². The van der Waals surface area contributed by atoms with Crippen LogP contribution in [0.2, 0.25) is 0 Å². The Hall–Kier alpha value is -0.420. The van der Waals surface area contributed by atoms with Crippen LogP contribution in [-0.4, -0.2) is 0 Å². The third-order valence-corrected chi connectivity index (χ3v) is 1.59. The minimum atomic E-state index is -0.576. The third-order valence-electron chi connectivity index (χ3n) is 0.604. The lowest BCUT2D eigenvalue weighted by molar-refractivity contribution is 1.64. The zero-order chi connectivity index (χ0) is 4.41. The maximum Gasteiger partial charge on any atom is 0.257 e. The van der Waals surface area contributed by atoms with Gasteiger partial charge in [-0.1, -0.05) is 0 Å². The molecule has 0 amide bonds. The van der Waals surface area contributed by atoms with Gasteiger partial charge >= 0.3 is 0 Å². The second kappa shape index (κ2) is 1.36. The van der Waals surface area contributed by atoms with Crippen molar-refractivity contribution in [3.63, 3.8) is 0 Å². The number of nitrogens with one attached hydrogen (secondary N) is 1. The number of allylic oxidation sites excluding steroid dienone is 2. The fourth-order valence-corrected chi connectivity index (χ4v) is 1.00. The fraction of sp³-hybridized carbons (Fsp3) is 0. The minimum Gasteiger partial charge on any atom is -0.115 e. The SMILES string of the molecule is N=[P+]1C=CC=C1. The molecule has 0 aliphatic carbocycles. The molecule has 1 heterocycles. The van der Waals surface area contributed by atoms with E-state index in [0.717, 1.165) is 0 Å². The molecule has 1 N–H and O–H groups in total. The molecule has 0 saturated heterocycles. The molecule has 0 spiro atoms. The van der Waals surface area contributed by atoms with Crippen LogP contribution in [-0.2, 0) is 0 Å². The quantitative estimate of drug-likeness (QED) is 0.449. The zero-order valence-electron chi connectivity index (χ0n) is 3.26. The Morgan fingerprint density at radius 3 is 1.83 bits per heavy atom. The molecule has 0 aromatic heterocycles. The van der Waals surface area contributed by atoms with Crippen LogP contribution in [0.1, 0.15) is 0 Å². The Labute approximate surface area is 37.6 Å². The van der Waals surface area contributed by atoms with E-state index < -0.39 is 7.71 Å². The molecule has 1 nitrogen and oxygen atoms in total. The zero-order valence-corrected chi connectivity index (χ0v) is 4.15. The monoisotopic (exact) mass is 98.0 g/mol. The molecule has 0 unspecified atom stereocenters. The predicted octanol–water partition coefficient (Wildman–Crippen LogP) is 2.27. The van der Waals surface area contributed by atoms with Crippen LogP contribution in [0.25, 0.3) is 0 Å². The number of hydrogen-bond donors (Lipinski definition) is 1. The lowest BCUT2D eigenvalue weighted by atomic mass is 10.6. The molecule has 0 bridgehead atoms. The molecule has 1 rings (SSSR count). The van der Waals surface area contributed by atoms with E-state index in [9.17, 15) is 0 Å². The van der Waals surface area contributed by atoms with E-state index in [1.54, 1.807) is 0 Å². The standard InChI is InChI=1S/C4H5NP/c5-6-3-1-2-4-6/h1-5H/q+1.